The Morgan fingerprint density at radius 3 is 2.25 bits per heavy atom. The second kappa shape index (κ2) is 4.47. The lowest BCUT2D eigenvalue weighted by Crippen LogP contribution is -2.42. The maximum absolute atomic E-state index is 11.4. The van der Waals surface area contributed by atoms with Crippen LogP contribution in [0, 0.1) is 0 Å². The summed E-state index contributed by atoms with van der Waals surface area (Å²) in [6.45, 7) is 0. The van der Waals surface area contributed by atoms with Gasteiger partial charge in [-0.3, -0.25) is 9.35 Å². The van der Waals surface area contributed by atoms with E-state index in [2.05, 4.69) is 0 Å². The number of hydrogen-bond donors (Lipinski definition) is 2. The molecule has 0 heterocycles. The van der Waals surface area contributed by atoms with E-state index in [-0.39, 0.29) is 9.98 Å². The molecule has 0 atom stereocenters. The van der Waals surface area contributed by atoms with Crippen LogP contribution >= 0.6 is 0 Å². The number of hydrogen-bond acceptors (Lipinski definition) is 5. The Labute approximate surface area is 92.3 Å². The van der Waals surface area contributed by atoms with Crippen molar-refractivity contribution in [3.8, 4) is 5.75 Å². The summed E-state index contributed by atoms with van der Waals surface area (Å²) in [5, 5.41) is 0. The molecule has 0 bridgehead atoms. The van der Waals surface area contributed by atoms with E-state index in [4.69, 9.17) is 15.1 Å². The number of carbonyl (C=O) groups excluding carboxylic acids is 1. The smallest absolute Gasteiger partial charge is 0.376 e. The first-order valence-electron chi connectivity index (χ1n) is 4.07. The standard InChI is InChI=1S/C8H10N2O5S/c1-15-7-4-2-6(3-5-7)8(11)10(9)16(12,13)14/h2-5H,9H2,1H3,(H,12,13,14). The Kier molecular flexibility index (Phi) is 3.48. The molecule has 0 aliphatic rings. The minimum atomic E-state index is -4.74. The molecule has 1 aromatic rings. The fourth-order valence-electron chi connectivity index (χ4n) is 0.966. The van der Waals surface area contributed by atoms with E-state index >= 15 is 0 Å². The second-order valence-corrected chi connectivity index (χ2v) is 4.10. The molecule has 8 heteroatoms. The topological polar surface area (TPSA) is 110 Å². The monoisotopic (exact) mass is 246 g/mol. The molecule has 0 radical (unpaired) electrons. The lowest BCUT2D eigenvalue weighted by atomic mass is 10.2. The van der Waals surface area contributed by atoms with Crippen LogP contribution in [-0.4, -0.2) is 30.4 Å². The zero-order valence-electron chi connectivity index (χ0n) is 8.32. The first kappa shape index (κ1) is 12.4. The fourth-order valence-corrected chi connectivity index (χ4v) is 1.28. The Hall–Kier alpha value is -1.64. The largest absolute Gasteiger partial charge is 0.497 e. The number of benzene rings is 1. The summed E-state index contributed by atoms with van der Waals surface area (Å²) in [6.07, 6.45) is 0. The molecule has 0 spiro atoms. The van der Waals surface area contributed by atoms with E-state index in [1.54, 1.807) is 0 Å². The van der Waals surface area contributed by atoms with Gasteiger partial charge in [-0.15, -0.1) is 4.41 Å². The maximum Gasteiger partial charge on any atom is 0.376 e. The van der Waals surface area contributed by atoms with Gasteiger partial charge in [0.1, 0.15) is 5.75 Å². The molecular formula is C8H10N2O5S. The van der Waals surface area contributed by atoms with Crippen LogP contribution in [-0.2, 0) is 10.3 Å². The Bertz CT molecular complexity index is 482. The Morgan fingerprint density at radius 2 is 1.88 bits per heavy atom. The predicted octanol–water partition coefficient (Wildman–Crippen LogP) is -0.186. The maximum atomic E-state index is 11.4. The third-order valence-electron chi connectivity index (χ3n) is 1.79. The molecule has 1 rings (SSSR count). The summed E-state index contributed by atoms with van der Waals surface area (Å²) < 4.78 is 34.3. The highest BCUT2D eigenvalue weighted by atomic mass is 32.2. The number of nitrogens with zero attached hydrogens (tertiary/aromatic N) is 1. The molecule has 0 saturated carbocycles. The number of hydrazine groups is 1. The van der Waals surface area contributed by atoms with Gasteiger partial charge in [-0.2, -0.15) is 8.42 Å². The van der Waals surface area contributed by atoms with Crippen molar-refractivity contribution in [2.45, 2.75) is 0 Å². The number of nitrogens with two attached hydrogens (primary N) is 1. The lowest BCUT2D eigenvalue weighted by molar-refractivity contribution is 0.0852. The minimum absolute atomic E-state index is 0.0147. The molecule has 1 amide bonds. The van der Waals surface area contributed by atoms with Gasteiger partial charge in [0.2, 0.25) is 0 Å². The van der Waals surface area contributed by atoms with Gasteiger partial charge in [0.15, 0.2) is 0 Å². The van der Waals surface area contributed by atoms with Gasteiger partial charge in [-0.05, 0) is 24.3 Å². The highest BCUT2D eigenvalue weighted by molar-refractivity contribution is 7.83. The fraction of sp³-hybridized carbons (Fsp3) is 0.125. The molecule has 0 aromatic heterocycles. The van der Waals surface area contributed by atoms with Crippen LogP contribution in [0.2, 0.25) is 0 Å². The van der Waals surface area contributed by atoms with Crippen LogP contribution in [0.15, 0.2) is 24.3 Å². The summed E-state index contributed by atoms with van der Waals surface area (Å²) in [6, 6.07) is 5.58. The third-order valence-corrected chi connectivity index (χ3v) is 2.45. The molecular weight excluding hydrogens is 236 g/mol. The molecule has 7 nitrogen and oxygen atoms in total. The Morgan fingerprint density at radius 1 is 1.38 bits per heavy atom. The first-order chi connectivity index (χ1) is 7.36. The van der Waals surface area contributed by atoms with E-state index < -0.39 is 16.2 Å². The quantitative estimate of drug-likeness (QED) is 0.331. The molecule has 0 unspecified atom stereocenters. The van der Waals surface area contributed by atoms with E-state index in [1.807, 2.05) is 0 Å². The van der Waals surface area contributed by atoms with E-state index in [9.17, 15) is 13.2 Å². The molecule has 0 saturated heterocycles. The van der Waals surface area contributed by atoms with Crippen molar-refractivity contribution in [2.75, 3.05) is 7.11 Å². The number of methoxy groups -OCH3 is 1. The van der Waals surface area contributed by atoms with Crippen molar-refractivity contribution in [2.24, 2.45) is 5.84 Å². The highest BCUT2D eigenvalue weighted by Gasteiger charge is 2.22. The van der Waals surface area contributed by atoms with Gasteiger partial charge in [-0.1, -0.05) is 0 Å². The van der Waals surface area contributed by atoms with Crippen LogP contribution < -0.4 is 10.6 Å². The number of amides is 1. The summed E-state index contributed by atoms with van der Waals surface area (Å²) in [5.41, 5.74) is 0.0147. The van der Waals surface area contributed by atoms with Crippen LogP contribution in [0.4, 0.5) is 0 Å². The van der Waals surface area contributed by atoms with Crippen LogP contribution in [0.3, 0.4) is 0 Å². The summed E-state index contributed by atoms with van der Waals surface area (Å²) in [7, 11) is -3.29. The summed E-state index contributed by atoms with van der Waals surface area (Å²) in [4.78, 5) is 11.4. The number of ether oxygens (including phenoxy) is 1. The number of carbonyl (C=O) groups is 1. The van der Waals surface area contributed by atoms with Gasteiger partial charge in [0.25, 0.3) is 5.91 Å². The summed E-state index contributed by atoms with van der Waals surface area (Å²) in [5.74, 6) is 4.38. The van der Waals surface area contributed by atoms with Gasteiger partial charge in [0, 0.05) is 5.56 Å². The van der Waals surface area contributed by atoms with Gasteiger partial charge >= 0.3 is 10.3 Å². The highest BCUT2D eigenvalue weighted by Crippen LogP contribution is 2.12. The average molecular weight is 246 g/mol. The van der Waals surface area contributed by atoms with E-state index in [0.29, 0.717) is 5.75 Å². The van der Waals surface area contributed by atoms with Gasteiger partial charge < -0.3 is 4.74 Å². The van der Waals surface area contributed by atoms with E-state index in [1.165, 1.54) is 31.4 Å². The molecule has 3 N–H and O–H groups in total. The summed E-state index contributed by atoms with van der Waals surface area (Å²) >= 11 is 0. The van der Waals surface area contributed by atoms with Crippen LogP contribution in [0.1, 0.15) is 10.4 Å². The molecule has 88 valence electrons. The minimum Gasteiger partial charge on any atom is -0.497 e. The molecule has 0 aliphatic heterocycles. The van der Waals surface area contributed by atoms with Gasteiger partial charge in [0.05, 0.1) is 7.11 Å². The van der Waals surface area contributed by atoms with Gasteiger partial charge in [-0.25, -0.2) is 5.84 Å². The zero-order chi connectivity index (χ0) is 12.3. The Balaban J connectivity index is 2.97. The van der Waals surface area contributed by atoms with Crippen molar-refractivity contribution in [1.82, 2.24) is 4.41 Å². The molecule has 16 heavy (non-hydrogen) atoms. The predicted molar refractivity (Wildman–Crippen MR) is 54.9 cm³/mol. The van der Waals surface area contributed by atoms with Crippen LogP contribution in [0.5, 0.6) is 5.75 Å². The second-order valence-electron chi connectivity index (χ2n) is 2.81. The van der Waals surface area contributed by atoms with Crippen molar-refractivity contribution in [1.29, 1.82) is 0 Å². The third kappa shape index (κ3) is 2.69. The lowest BCUT2D eigenvalue weighted by Gasteiger charge is -2.12. The van der Waals surface area contributed by atoms with E-state index in [0.717, 1.165) is 0 Å². The van der Waals surface area contributed by atoms with Crippen molar-refractivity contribution in [3.63, 3.8) is 0 Å². The molecule has 0 fully saturated rings. The van der Waals surface area contributed by atoms with Crippen molar-refractivity contribution < 1.29 is 22.5 Å². The molecule has 1 aromatic carbocycles. The SMILES string of the molecule is COc1ccc(C(=O)N(N)S(=O)(=O)O)cc1. The van der Waals surface area contributed by atoms with Crippen molar-refractivity contribution >= 4 is 16.2 Å². The zero-order valence-corrected chi connectivity index (χ0v) is 9.14. The van der Waals surface area contributed by atoms with Crippen LogP contribution in [0.25, 0.3) is 0 Å². The first-order valence-corrected chi connectivity index (χ1v) is 5.47. The van der Waals surface area contributed by atoms with Crippen molar-refractivity contribution in [3.05, 3.63) is 29.8 Å². The number of rotatable bonds is 3. The normalized spacial score (nSPS) is 10.9. The average Bonchev–Trinajstić information content (AvgIpc) is 2.26. The molecule has 0 aliphatic carbocycles.